The number of amides is 1. The summed E-state index contributed by atoms with van der Waals surface area (Å²) >= 11 is 0. The van der Waals surface area contributed by atoms with Crippen molar-refractivity contribution in [3.63, 3.8) is 0 Å². The molecule has 3 unspecified atom stereocenters. The molecule has 2 aromatic carbocycles. The van der Waals surface area contributed by atoms with Crippen LogP contribution in [0.1, 0.15) is 87.7 Å². The second-order valence-electron chi connectivity index (χ2n) is 10.3. The van der Waals surface area contributed by atoms with Crippen molar-refractivity contribution in [2.24, 2.45) is 11.3 Å². The van der Waals surface area contributed by atoms with E-state index in [1.807, 2.05) is 37.3 Å². The SMILES string of the molecule is CC=O.CCC.Cc1ccc(C(=O)NCC(C)(C)C2Nc3ccc([N+](=O)[O-])cc3C3CCCC32)cc1. The minimum Gasteiger partial charge on any atom is -0.381 e. The molecule has 2 N–H and O–H groups in total. The molecule has 0 radical (unpaired) electrons. The molecule has 0 aromatic heterocycles. The van der Waals surface area contributed by atoms with Gasteiger partial charge < -0.3 is 15.4 Å². The van der Waals surface area contributed by atoms with E-state index in [4.69, 9.17) is 4.79 Å². The molecule has 2 aromatic rings. The number of nitrogens with zero attached hydrogens (tertiary/aromatic N) is 1. The fourth-order valence-electron chi connectivity index (χ4n) is 5.15. The maximum absolute atomic E-state index is 12.6. The molecule has 1 aliphatic carbocycles. The summed E-state index contributed by atoms with van der Waals surface area (Å²) in [5.41, 5.74) is 3.85. The Morgan fingerprint density at radius 1 is 1.17 bits per heavy atom. The largest absolute Gasteiger partial charge is 0.381 e. The Morgan fingerprint density at radius 2 is 1.78 bits per heavy atom. The lowest BCUT2D eigenvalue weighted by Gasteiger charge is -2.45. The lowest BCUT2D eigenvalue weighted by atomic mass is 9.69. The maximum atomic E-state index is 12.6. The highest BCUT2D eigenvalue weighted by Crippen LogP contribution is 2.52. The van der Waals surface area contributed by atoms with Gasteiger partial charge in [-0.1, -0.05) is 58.2 Å². The molecule has 2 aliphatic rings. The zero-order chi connectivity index (χ0) is 26.9. The van der Waals surface area contributed by atoms with Gasteiger partial charge >= 0.3 is 0 Å². The van der Waals surface area contributed by atoms with E-state index in [0.29, 0.717) is 23.9 Å². The Hall–Kier alpha value is -3.22. The monoisotopic (exact) mass is 495 g/mol. The molecule has 196 valence electrons. The molecule has 0 spiro atoms. The van der Waals surface area contributed by atoms with Crippen LogP contribution in [0.4, 0.5) is 11.4 Å². The number of rotatable bonds is 5. The number of carbonyl (C=O) groups is 2. The van der Waals surface area contributed by atoms with Crippen LogP contribution in [0.3, 0.4) is 0 Å². The first-order chi connectivity index (χ1) is 17.1. The predicted octanol–water partition coefficient (Wildman–Crippen LogP) is 6.66. The van der Waals surface area contributed by atoms with Crippen LogP contribution >= 0.6 is 0 Å². The third-order valence-electron chi connectivity index (χ3n) is 6.81. The second-order valence-corrected chi connectivity index (χ2v) is 10.3. The van der Waals surface area contributed by atoms with E-state index in [9.17, 15) is 14.9 Å². The molecule has 1 heterocycles. The number of carbonyl (C=O) groups excluding carboxylic acids is 2. The van der Waals surface area contributed by atoms with Crippen molar-refractivity contribution in [3.05, 3.63) is 69.3 Å². The summed E-state index contributed by atoms with van der Waals surface area (Å²) < 4.78 is 0. The average Bonchev–Trinajstić information content (AvgIpc) is 3.33. The first-order valence-electron chi connectivity index (χ1n) is 12.9. The minimum atomic E-state index is -0.319. The molecular weight excluding hydrogens is 454 g/mol. The summed E-state index contributed by atoms with van der Waals surface area (Å²) in [6.45, 7) is 12.6. The molecule has 1 aliphatic heterocycles. The third kappa shape index (κ3) is 7.15. The highest BCUT2D eigenvalue weighted by Gasteiger charge is 2.46. The molecule has 0 saturated heterocycles. The van der Waals surface area contributed by atoms with Crippen molar-refractivity contribution in [1.82, 2.24) is 5.32 Å². The average molecular weight is 496 g/mol. The van der Waals surface area contributed by atoms with Crippen molar-refractivity contribution in [2.75, 3.05) is 11.9 Å². The van der Waals surface area contributed by atoms with Crippen LogP contribution in [-0.4, -0.2) is 29.7 Å². The number of anilines is 1. The van der Waals surface area contributed by atoms with Gasteiger partial charge in [0, 0.05) is 41.4 Å². The van der Waals surface area contributed by atoms with Gasteiger partial charge in [0.1, 0.15) is 6.29 Å². The van der Waals surface area contributed by atoms with E-state index in [1.165, 1.54) is 13.3 Å². The molecule has 3 atom stereocenters. The number of fused-ring (bicyclic) bond motifs is 3. The lowest BCUT2D eigenvalue weighted by Crippen LogP contribution is -2.51. The van der Waals surface area contributed by atoms with Crippen molar-refractivity contribution in [3.8, 4) is 0 Å². The molecule has 7 nitrogen and oxygen atoms in total. The number of hydrogen-bond donors (Lipinski definition) is 2. The van der Waals surface area contributed by atoms with Crippen molar-refractivity contribution in [2.45, 2.75) is 79.2 Å². The number of aryl methyl sites for hydroxylation is 1. The Labute approximate surface area is 215 Å². The molecule has 1 amide bonds. The van der Waals surface area contributed by atoms with E-state index in [0.717, 1.165) is 42.4 Å². The highest BCUT2D eigenvalue weighted by atomic mass is 16.6. The predicted molar refractivity (Wildman–Crippen MR) is 146 cm³/mol. The van der Waals surface area contributed by atoms with Crippen LogP contribution < -0.4 is 10.6 Å². The fourth-order valence-corrected chi connectivity index (χ4v) is 5.15. The Bertz CT molecular complexity index is 1030. The van der Waals surface area contributed by atoms with Crippen LogP contribution in [0.15, 0.2) is 42.5 Å². The summed E-state index contributed by atoms with van der Waals surface area (Å²) in [5, 5.41) is 18.0. The first-order valence-corrected chi connectivity index (χ1v) is 12.9. The molecule has 1 fully saturated rings. The van der Waals surface area contributed by atoms with Gasteiger partial charge in [-0.2, -0.15) is 0 Å². The molecule has 36 heavy (non-hydrogen) atoms. The molecule has 7 heteroatoms. The molecular formula is C29H41N3O4. The van der Waals surface area contributed by atoms with Crippen LogP contribution in [0.2, 0.25) is 0 Å². The van der Waals surface area contributed by atoms with Crippen LogP contribution in [0, 0.1) is 28.4 Å². The van der Waals surface area contributed by atoms with E-state index in [2.05, 4.69) is 38.3 Å². The van der Waals surface area contributed by atoms with Gasteiger partial charge in [0.2, 0.25) is 0 Å². The highest BCUT2D eigenvalue weighted by molar-refractivity contribution is 5.94. The van der Waals surface area contributed by atoms with Gasteiger partial charge in [0.25, 0.3) is 11.6 Å². The lowest BCUT2D eigenvalue weighted by molar-refractivity contribution is -0.384. The Morgan fingerprint density at radius 3 is 2.36 bits per heavy atom. The fraction of sp³-hybridized carbons (Fsp3) is 0.517. The van der Waals surface area contributed by atoms with Gasteiger partial charge in [-0.3, -0.25) is 14.9 Å². The van der Waals surface area contributed by atoms with E-state index in [1.54, 1.807) is 12.1 Å². The zero-order valence-electron chi connectivity index (χ0n) is 22.5. The zero-order valence-corrected chi connectivity index (χ0v) is 22.5. The summed E-state index contributed by atoms with van der Waals surface area (Å²) in [7, 11) is 0. The number of benzene rings is 2. The molecule has 4 rings (SSSR count). The van der Waals surface area contributed by atoms with Gasteiger partial charge in [-0.25, -0.2) is 0 Å². The Balaban J connectivity index is 0.000000693. The number of nitro groups is 1. The normalized spacial score (nSPS) is 19.7. The van der Waals surface area contributed by atoms with E-state index in [-0.39, 0.29) is 28.0 Å². The van der Waals surface area contributed by atoms with Crippen LogP contribution in [-0.2, 0) is 4.79 Å². The topological polar surface area (TPSA) is 101 Å². The smallest absolute Gasteiger partial charge is 0.269 e. The van der Waals surface area contributed by atoms with Crippen LogP contribution in [0.25, 0.3) is 0 Å². The van der Waals surface area contributed by atoms with Gasteiger partial charge in [0.15, 0.2) is 0 Å². The van der Waals surface area contributed by atoms with Crippen molar-refractivity contribution >= 4 is 23.6 Å². The van der Waals surface area contributed by atoms with Crippen molar-refractivity contribution < 1.29 is 14.5 Å². The standard InChI is InChI=1S/C24H29N3O3.C3H8.C2H4O/c1-15-7-9-16(10-8-15)23(28)25-14-24(2,3)22-19-6-4-5-18(19)20-13-17(27(29)30)11-12-21(20)26-22;1-3-2;1-2-3/h7-13,18-19,22,26H,4-6,14H2,1-3H3,(H,25,28);3H2,1-2H3;2H,1H3. The quantitative estimate of drug-likeness (QED) is 0.274. The van der Waals surface area contributed by atoms with E-state index >= 15 is 0 Å². The summed E-state index contributed by atoms with van der Waals surface area (Å²) in [5.74, 6) is 0.682. The number of hydrogen-bond acceptors (Lipinski definition) is 5. The second kappa shape index (κ2) is 13.2. The van der Waals surface area contributed by atoms with E-state index < -0.39 is 0 Å². The number of non-ortho nitro benzene ring substituents is 1. The van der Waals surface area contributed by atoms with Gasteiger partial charge in [0.05, 0.1) is 4.92 Å². The number of nitrogens with one attached hydrogen (secondary N) is 2. The van der Waals surface area contributed by atoms with Crippen molar-refractivity contribution in [1.29, 1.82) is 0 Å². The molecule has 1 saturated carbocycles. The first kappa shape index (κ1) is 29.0. The van der Waals surface area contributed by atoms with Crippen LogP contribution in [0.5, 0.6) is 0 Å². The van der Waals surface area contributed by atoms with Gasteiger partial charge in [-0.05, 0) is 62.3 Å². The summed E-state index contributed by atoms with van der Waals surface area (Å²) in [6, 6.07) is 13.0. The summed E-state index contributed by atoms with van der Waals surface area (Å²) in [4.78, 5) is 32.3. The third-order valence-corrected chi connectivity index (χ3v) is 6.81. The minimum absolute atomic E-state index is 0.0575. The number of aldehydes is 1. The number of nitro benzene ring substituents is 1. The Kier molecular flexibility index (Phi) is 10.6. The molecule has 0 bridgehead atoms. The summed E-state index contributed by atoms with van der Waals surface area (Å²) in [6.07, 6.45) is 5.28. The maximum Gasteiger partial charge on any atom is 0.269 e. The van der Waals surface area contributed by atoms with Gasteiger partial charge in [-0.15, -0.1) is 0 Å².